The molecule has 0 heterocycles. The number of hydrogen-bond acceptors (Lipinski definition) is 3. The molecule has 0 aliphatic heterocycles. The van der Waals surface area contributed by atoms with E-state index >= 15 is 0 Å². The SMILES string of the molecule is CNC12CCC(CN)CC1CCc1ccc(OC)cc12. The second-order valence-electron chi connectivity index (χ2n) is 6.36. The Hall–Kier alpha value is -1.06. The van der Waals surface area contributed by atoms with Gasteiger partial charge >= 0.3 is 0 Å². The molecule has 0 radical (unpaired) electrons. The molecule has 2 aliphatic rings. The lowest BCUT2D eigenvalue weighted by Gasteiger charge is -2.50. The van der Waals surface area contributed by atoms with E-state index in [0.717, 1.165) is 12.3 Å². The molecule has 3 unspecified atom stereocenters. The van der Waals surface area contributed by atoms with E-state index in [1.165, 1.54) is 43.2 Å². The molecule has 0 aromatic heterocycles. The van der Waals surface area contributed by atoms with Gasteiger partial charge in [0.15, 0.2) is 0 Å². The lowest BCUT2D eigenvalue weighted by atomic mass is 9.60. The quantitative estimate of drug-likeness (QED) is 0.890. The first-order valence-electron chi connectivity index (χ1n) is 7.80. The summed E-state index contributed by atoms with van der Waals surface area (Å²) in [6.07, 6.45) is 6.13. The van der Waals surface area contributed by atoms with Gasteiger partial charge in [-0.15, -0.1) is 0 Å². The Bertz CT molecular complexity index is 488. The van der Waals surface area contributed by atoms with Gasteiger partial charge in [-0.25, -0.2) is 0 Å². The smallest absolute Gasteiger partial charge is 0.119 e. The van der Waals surface area contributed by atoms with Gasteiger partial charge in [-0.1, -0.05) is 6.07 Å². The van der Waals surface area contributed by atoms with Gasteiger partial charge in [-0.2, -0.15) is 0 Å². The zero-order valence-corrected chi connectivity index (χ0v) is 12.6. The molecule has 0 amide bonds. The first-order valence-corrected chi connectivity index (χ1v) is 7.80. The molecular weight excluding hydrogens is 248 g/mol. The van der Waals surface area contributed by atoms with Crippen LogP contribution < -0.4 is 15.8 Å². The van der Waals surface area contributed by atoms with Crippen molar-refractivity contribution in [3.8, 4) is 5.75 Å². The van der Waals surface area contributed by atoms with Gasteiger partial charge in [0, 0.05) is 5.54 Å². The highest BCUT2D eigenvalue weighted by molar-refractivity contribution is 5.43. The molecule has 2 aliphatic carbocycles. The third kappa shape index (κ3) is 2.04. The Morgan fingerprint density at radius 1 is 1.40 bits per heavy atom. The molecule has 1 aromatic rings. The zero-order chi connectivity index (χ0) is 14.2. The maximum Gasteiger partial charge on any atom is 0.119 e. The highest BCUT2D eigenvalue weighted by Crippen LogP contribution is 2.50. The predicted octanol–water partition coefficient (Wildman–Crippen LogP) is 2.43. The molecule has 110 valence electrons. The maximum atomic E-state index is 5.91. The van der Waals surface area contributed by atoms with Gasteiger partial charge in [0.1, 0.15) is 5.75 Å². The van der Waals surface area contributed by atoms with Crippen molar-refractivity contribution in [3.63, 3.8) is 0 Å². The highest BCUT2D eigenvalue weighted by atomic mass is 16.5. The fourth-order valence-electron chi connectivity index (χ4n) is 4.40. The van der Waals surface area contributed by atoms with Crippen LogP contribution in [0.15, 0.2) is 18.2 Å². The van der Waals surface area contributed by atoms with Crippen LogP contribution in [0.4, 0.5) is 0 Å². The van der Waals surface area contributed by atoms with Crippen LogP contribution in [-0.2, 0) is 12.0 Å². The molecule has 0 bridgehead atoms. The molecular formula is C17H26N2O. The average molecular weight is 274 g/mol. The second-order valence-corrected chi connectivity index (χ2v) is 6.36. The first-order chi connectivity index (χ1) is 9.73. The van der Waals surface area contributed by atoms with Crippen molar-refractivity contribution in [2.75, 3.05) is 20.7 Å². The van der Waals surface area contributed by atoms with Gasteiger partial charge in [0.05, 0.1) is 7.11 Å². The number of rotatable bonds is 3. The van der Waals surface area contributed by atoms with Gasteiger partial charge in [-0.05, 0) is 80.8 Å². The van der Waals surface area contributed by atoms with Gasteiger partial charge in [-0.3, -0.25) is 0 Å². The molecule has 3 atom stereocenters. The summed E-state index contributed by atoms with van der Waals surface area (Å²) in [7, 11) is 3.86. The van der Waals surface area contributed by atoms with Crippen LogP contribution in [0.3, 0.4) is 0 Å². The minimum absolute atomic E-state index is 0.133. The summed E-state index contributed by atoms with van der Waals surface area (Å²) in [5.41, 5.74) is 8.99. The van der Waals surface area contributed by atoms with E-state index in [9.17, 15) is 0 Å². The molecule has 1 aromatic carbocycles. The molecule has 3 N–H and O–H groups in total. The topological polar surface area (TPSA) is 47.3 Å². The third-order valence-electron chi connectivity index (χ3n) is 5.60. The monoisotopic (exact) mass is 274 g/mol. The van der Waals surface area contributed by atoms with E-state index in [4.69, 9.17) is 10.5 Å². The van der Waals surface area contributed by atoms with Gasteiger partial charge in [0.2, 0.25) is 0 Å². The van der Waals surface area contributed by atoms with Crippen LogP contribution in [0.25, 0.3) is 0 Å². The Morgan fingerprint density at radius 3 is 2.95 bits per heavy atom. The Labute approximate surface area is 121 Å². The molecule has 3 rings (SSSR count). The summed E-state index contributed by atoms with van der Waals surface area (Å²) < 4.78 is 5.44. The summed E-state index contributed by atoms with van der Waals surface area (Å²) in [5.74, 6) is 2.38. The number of fused-ring (bicyclic) bond motifs is 3. The molecule has 1 saturated carbocycles. The fraction of sp³-hybridized carbons (Fsp3) is 0.647. The van der Waals surface area contributed by atoms with E-state index in [1.807, 2.05) is 0 Å². The van der Waals surface area contributed by atoms with Crippen LogP contribution in [0.1, 0.15) is 36.8 Å². The van der Waals surface area contributed by atoms with Crippen LogP contribution in [0.2, 0.25) is 0 Å². The summed E-state index contributed by atoms with van der Waals surface area (Å²) in [5, 5.41) is 3.68. The Morgan fingerprint density at radius 2 is 2.25 bits per heavy atom. The van der Waals surface area contributed by atoms with E-state index in [-0.39, 0.29) is 5.54 Å². The van der Waals surface area contributed by atoms with Crippen LogP contribution in [0.5, 0.6) is 5.75 Å². The van der Waals surface area contributed by atoms with E-state index in [1.54, 1.807) is 7.11 Å². The number of benzene rings is 1. The number of methoxy groups -OCH3 is 1. The first kappa shape index (κ1) is 13.9. The summed E-state index contributed by atoms with van der Waals surface area (Å²) >= 11 is 0. The van der Waals surface area contributed by atoms with Crippen molar-refractivity contribution < 1.29 is 4.74 Å². The second kappa shape index (κ2) is 5.38. The van der Waals surface area contributed by atoms with Crippen LogP contribution in [0, 0.1) is 11.8 Å². The minimum Gasteiger partial charge on any atom is -0.497 e. The fourth-order valence-corrected chi connectivity index (χ4v) is 4.40. The highest BCUT2D eigenvalue weighted by Gasteiger charge is 2.46. The molecule has 20 heavy (non-hydrogen) atoms. The zero-order valence-electron chi connectivity index (χ0n) is 12.6. The maximum absolute atomic E-state index is 5.91. The molecule has 3 heteroatoms. The number of aryl methyl sites for hydroxylation is 1. The molecule has 3 nitrogen and oxygen atoms in total. The largest absolute Gasteiger partial charge is 0.497 e. The van der Waals surface area contributed by atoms with Crippen molar-refractivity contribution in [2.24, 2.45) is 17.6 Å². The minimum atomic E-state index is 0.133. The van der Waals surface area contributed by atoms with Crippen molar-refractivity contribution in [2.45, 2.75) is 37.6 Å². The van der Waals surface area contributed by atoms with Gasteiger partial charge < -0.3 is 15.8 Å². The lowest BCUT2D eigenvalue weighted by Crippen LogP contribution is -2.53. The Balaban J connectivity index is 2.02. The predicted molar refractivity (Wildman–Crippen MR) is 81.9 cm³/mol. The normalized spacial score (nSPS) is 32.4. The molecule has 1 fully saturated rings. The Kier molecular flexibility index (Phi) is 3.74. The molecule has 0 spiro atoms. The molecule has 0 saturated heterocycles. The number of ether oxygens (including phenoxy) is 1. The van der Waals surface area contributed by atoms with Crippen molar-refractivity contribution >= 4 is 0 Å². The number of hydrogen-bond donors (Lipinski definition) is 2. The van der Waals surface area contributed by atoms with E-state index in [0.29, 0.717) is 11.8 Å². The summed E-state index contributed by atoms with van der Waals surface area (Å²) in [6, 6.07) is 6.59. The van der Waals surface area contributed by atoms with Gasteiger partial charge in [0.25, 0.3) is 0 Å². The standard InChI is InChI=1S/C17H26N2O/c1-19-17-8-7-12(11-18)9-14(17)5-3-13-4-6-15(20-2)10-16(13)17/h4,6,10,12,14,19H,3,5,7-9,11,18H2,1-2H3. The van der Waals surface area contributed by atoms with Crippen LogP contribution in [-0.4, -0.2) is 20.7 Å². The summed E-state index contributed by atoms with van der Waals surface area (Å²) in [4.78, 5) is 0. The van der Waals surface area contributed by atoms with E-state index < -0.39 is 0 Å². The number of nitrogens with one attached hydrogen (secondary N) is 1. The van der Waals surface area contributed by atoms with Crippen molar-refractivity contribution in [1.82, 2.24) is 5.32 Å². The van der Waals surface area contributed by atoms with Crippen molar-refractivity contribution in [1.29, 1.82) is 0 Å². The third-order valence-corrected chi connectivity index (χ3v) is 5.60. The van der Waals surface area contributed by atoms with Crippen LogP contribution >= 0.6 is 0 Å². The summed E-state index contributed by atoms with van der Waals surface area (Å²) in [6.45, 7) is 0.835. The van der Waals surface area contributed by atoms with E-state index in [2.05, 4.69) is 30.6 Å². The lowest BCUT2D eigenvalue weighted by molar-refractivity contribution is 0.0956. The average Bonchev–Trinajstić information content (AvgIpc) is 2.53. The number of nitrogens with two attached hydrogens (primary N) is 1. The van der Waals surface area contributed by atoms with Crippen molar-refractivity contribution in [3.05, 3.63) is 29.3 Å².